The van der Waals surface area contributed by atoms with E-state index in [1.165, 1.54) is 6.42 Å². The second-order valence-corrected chi connectivity index (χ2v) is 7.73. The molecule has 1 amide bonds. The number of aromatic nitrogens is 2. The number of carbonyl (C=O) groups is 1. The molecule has 0 atom stereocenters. The van der Waals surface area contributed by atoms with Crippen molar-refractivity contribution in [2.45, 2.75) is 45.8 Å². The van der Waals surface area contributed by atoms with Gasteiger partial charge in [-0.05, 0) is 38.4 Å². The maximum absolute atomic E-state index is 13.1. The fraction of sp³-hybridized carbons (Fsp3) is 0.476. The van der Waals surface area contributed by atoms with Gasteiger partial charge in [0.05, 0.1) is 6.54 Å². The van der Waals surface area contributed by atoms with Crippen LogP contribution in [0.5, 0.6) is 5.75 Å². The molecule has 0 saturated carbocycles. The fourth-order valence-electron chi connectivity index (χ4n) is 4.02. The van der Waals surface area contributed by atoms with Crippen molar-refractivity contribution in [2.24, 2.45) is 0 Å². The molecule has 1 aromatic heterocycles. The monoisotopic (exact) mass is 382 g/mol. The van der Waals surface area contributed by atoms with Gasteiger partial charge in [-0.1, -0.05) is 36.2 Å². The van der Waals surface area contributed by atoms with Crippen LogP contribution in [0.1, 0.15) is 46.7 Å². The predicted octanol–water partition coefficient (Wildman–Crippen LogP) is 1.90. The largest absolute Gasteiger partial charge is 0.501 e. The first kappa shape index (κ1) is 18.7. The quantitative estimate of drug-likeness (QED) is 0.874. The van der Waals surface area contributed by atoms with E-state index >= 15 is 0 Å². The molecule has 2 aromatic rings. The number of hydrogen-bond acceptors (Lipinski definition) is 5. The van der Waals surface area contributed by atoms with E-state index in [4.69, 9.17) is 0 Å². The number of nitrogens with zero attached hydrogens (tertiary/aromatic N) is 4. The van der Waals surface area contributed by atoms with Crippen LogP contribution >= 0.6 is 0 Å². The van der Waals surface area contributed by atoms with Gasteiger partial charge in [-0.15, -0.1) is 0 Å². The van der Waals surface area contributed by atoms with Gasteiger partial charge in [0.25, 0.3) is 5.91 Å². The summed E-state index contributed by atoms with van der Waals surface area (Å²) in [7, 11) is 0. The molecular weight excluding hydrogens is 356 g/mol. The van der Waals surface area contributed by atoms with E-state index in [1.807, 2.05) is 31.2 Å². The van der Waals surface area contributed by atoms with Crippen molar-refractivity contribution in [1.82, 2.24) is 19.4 Å². The summed E-state index contributed by atoms with van der Waals surface area (Å²) in [5.41, 5.74) is 1.54. The highest BCUT2D eigenvalue weighted by molar-refractivity contribution is 5.95. The average molecular weight is 382 g/mol. The summed E-state index contributed by atoms with van der Waals surface area (Å²) in [6, 6.07) is 8.03. The molecule has 0 aliphatic carbocycles. The lowest BCUT2D eigenvalue weighted by molar-refractivity contribution is 0.0676. The lowest BCUT2D eigenvalue weighted by atomic mass is 10.1. The van der Waals surface area contributed by atoms with Gasteiger partial charge in [-0.25, -0.2) is 0 Å². The summed E-state index contributed by atoms with van der Waals surface area (Å²) in [4.78, 5) is 33.3. The third-order valence-corrected chi connectivity index (χ3v) is 5.63. The molecular formula is C21H26N4O3. The van der Waals surface area contributed by atoms with Crippen LogP contribution in [0.4, 0.5) is 0 Å². The predicted molar refractivity (Wildman–Crippen MR) is 105 cm³/mol. The third-order valence-electron chi connectivity index (χ3n) is 5.63. The van der Waals surface area contributed by atoms with Gasteiger partial charge in [0.15, 0.2) is 5.69 Å². The molecule has 0 radical (unpaired) electrons. The Hall–Kier alpha value is -2.67. The minimum absolute atomic E-state index is 0.0744. The molecule has 0 spiro atoms. The zero-order chi connectivity index (χ0) is 19.7. The van der Waals surface area contributed by atoms with Gasteiger partial charge in [-0.2, -0.15) is 4.98 Å². The van der Waals surface area contributed by atoms with Gasteiger partial charge in [0.1, 0.15) is 5.82 Å². The molecule has 7 heteroatoms. The highest BCUT2D eigenvalue weighted by Crippen LogP contribution is 2.23. The first-order valence-electron chi connectivity index (χ1n) is 9.93. The van der Waals surface area contributed by atoms with Crippen LogP contribution in [-0.2, 0) is 19.6 Å². The van der Waals surface area contributed by atoms with E-state index in [1.54, 1.807) is 9.47 Å². The number of rotatable bonds is 4. The van der Waals surface area contributed by atoms with Gasteiger partial charge >= 0.3 is 5.56 Å². The zero-order valence-electron chi connectivity index (χ0n) is 16.2. The number of aromatic hydroxyl groups is 1. The Morgan fingerprint density at radius 2 is 1.68 bits per heavy atom. The minimum Gasteiger partial charge on any atom is -0.501 e. The van der Waals surface area contributed by atoms with E-state index in [9.17, 15) is 14.7 Å². The molecule has 1 saturated heterocycles. The SMILES string of the molecule is Cc1ccc(CN2CCn3c(CN4CCCCC4)nc(=O)c(O)c3C2=O)cc1. The average Bonchev–Trinajstić information content (AvgIpc) is 2.70. The first-order chi connectivity index (χ1) is 13.5. The van der Waals surface area contributed by atoms with Crippen LogP contribution in [-0.4, -0.2) is 50.0 Å². The van der Waals surface area contributed by atoms with Crippen LogP contribution in [0.25, 0.3) is 0 Å². The van der Waals surface area contributed by atoms with Crippen molar-refractivity contribution in [2.75, 3.05) is 19.6 Å². The van der Waals surface area contributed by atoms with E-state index < -0.39 is 11.3 Å². The summed E-state index contributed by atoms with van der Waals surface area (Å²) >= 11 is 0. The normalized spacial score (nSPS) is 17.6. The highest BCUT2D eigenvalue weighted by Gasteiger charge is 2.31. The van der Waals surface area contributed by atoms with Crippen molar-refractivity contribution in [3.8, 4) is 5.75 Å². The molecule has 2 aliphatic rings. The fourth-order valence-corrected chi connectivity index (χ4v) is 4.02. The molecule has 28 heavy (non-hydrogen) atoms. The van der Waals surface area contributed by atoms with Crippen molar-refractivity contribution in [3.05, 3.63) is 57.3 Å². The molecule has 148 valence electrons. The minimum atomic E-state index is -0.719. The smallest absolute Gasteiger partial charge is 0.315 e. The number of hydrogen-bond donors (Lipinski definition) is 1. The topological polar surface area (TPSA) is 78.7 Å². The number of fused-ring (bicyclic) bond motifs is 1. The van der Waals surface area contributed by atoms with Gasteiger partial charge in [-0.3, -0.25) is 14.5 Å². The Labute approximate surface area is 164 Å². The third kappa shape index (κ3) is 3.67. The second kappa shape index (κ2) is 7.75. The molecule has 1 aromatic carbocycles. The van der Waals surface area contributed by atoms with Crippen molar-refractivity contribution in [1.29, 1.82) is 0 Å². The standard InChI is InChI=1S/C21H26N4O3/c1-15-5-7-16(8-6-15)13-24-11-12-25-17(14-23-9-3-2-4-10-23)22-20(27)19(26)18(25)21(24)28/h5-8,26H,2-4,9-14H2,1H3. The molecule has 4 rings (SSSR count). The Morgan fingerprint density at radius 1 is 0.964 bits per heavy atom. The van der Waals surface area contributed by atoms with E-state index in [0.717, 1.165) is 37.1 Å². The number of piperidine rings is 1. The van der Waals surface area contributed by atoms with Crippen LogP contribution in [0.2, 0.25) is 0 Å². The van der Waals surface area contributed by atoms with E-state index in [-0.39, 0.29) is 11.6 Å². The van der Waals surface area contributed by atoms with Gasteiger partial charge < -0.3 is 14.6 Å². The summed E-state index contributed by atoms with van der Waals surface area (Å²) < 4.78 is 1.74. The second-order valence-electron chi connectivity index (χ2n) is 7.73. The van der Waals surface area contributed by atoms with Crippen LogP contribution in [0.15, 0.2) is 29.1 Å². The summed E-state index contributed by atoms with van der Waals surface area (Å²) in [5.74, 6) is -0.284. The molecule has 0 bridgehead atoms. The molecule has 1 fully saturated rings. The summed E-state index contributed by atoms with van der Waals surface area (Å²) in [5, 5.41) is 10.3. The number of aryl methyl sites for hydroxylation is 1. The lowest BCUT2D eigenvalue weighted by Gasteiger charge is -2.33. The molecule has 0 unspecified atom stereocenters. The van der Waals surface area contributed by atoms with E-state index in [0.29, 0.717) is 32.0 Å². The lowest BCUT2D eigenvalue weighted by Crippen LogP contribution is -2.43. The van der Waals surface area contributed by atoms with Gasteiger partial charge in [0.2, 0.25) is 5.75 Å². The molecule has 7 nitrogen and oxygen atoms in total. The van der Waals surface area contributed by atoms with Crippen LogP contribution in [0.3, 0.4) is 0 Å². The maximum Gasteiger partial charge on any atom is 0.315 e. The maximum atomic E-state index is 13.1. The number of amides is 1. The Kier molecular flexibility index (Phi) is 5.17. The number of benzene rings is 1. The van der Waals surface area contributed by atoms with Gasteiger partial charge in [0, 0.05) is 19.6 Å². The van der Waals surface area contributed by atoms with Crippen molar-refractivity contribution < 1.29 is 9.90 Å². The zero-order valence-corrected chi connectivity index (χ0v) is 16.2. The molecule has 2 aliphatic heterocycles. The first-order valence-corrected chi connectivity index (χ1v) is 9.93. The number of likely N-dealkylation sites (tertiary alicyclic amines) is 1. The van der Waals surface area contributed by atoms with Crippen molar-refractivity contribution in [3.63, 3.8) is 0 Å². The Balaban J connectivity index is 1.62. The summed E-state index contributed by atoms with van der Waals surface area (Å²) in [6.07, 6.45) is 3.50. The highest BCUT2D eigenvalue weighted by atomic mass is 16.3. The Morgan fingerprint density at radius 3 is 2.39 bits per heavy atom. The van der Waals surface area contributed by atoms with E-state index in [2.05, 4.69) is 9.88 Å². The summed E-state index contributed by atoms with van der Waals surface area (Å²) in [6.45, 7) is 6.00. The van der Waals surface area contributed by atoms with Crippen molar-refractivity contribution >= 4 is 5.91 Å². The van der Waals surface area contributed by atoms with Crippen LogP contribution in [0, 0.1) is 6.92 Å². The Bertz CT molecular complexity index is 930. The van der Waals surface area contributed by atoms with Crippen LogP contribution < -0.4 is 5.56 Å². The number of carbonyl (C=O) groups excluding carboxylic acids is 1. The molecule has 3 heterocycles. The molecule has 1 N–H and O–H groups in total.